The third-order valence-corrected chi connectivity index (χ3v) is 10.2. The van der Waals surface area contributed by atoms with E-state index in [-0.39, 0.29) is 42.9 Å². The number of ether oxygens (including phenoxy) is 1. The lowest BCUT2D eigenvalue weighted by molar-refractivity contribution is -0.143. The number of benzene rings is 1. The second-order valence-corrected chi connectivity index (χ2v) is 11.9. The van der Waals surface area contributed by atoms with Crippen molar-refractivity contribution >= 4 is 68.7 Å². The molecule has 39 heavy (non-hydrogen) atoms. The summed E-state index contributed by atoms with van der Waals surface area (Å²) in [6.45, 7) is 1.73. The van der Waals surface area contributed by atoms with Crippen LogP contribution >= 0.6 is 39.1 Å². The number of rotatable bonds is 7. The van der Waals surface area contributed by atoms with E-state index in [1.165, 1.54) is 12.1 Å². The SMILES string of the molecule is CCOc1cc([C@H]2C3=CC[C@@H]4C(=O)N(CCC(=O)O)C(=O)[C@@H]4[C@@H]3C[C@@]3(Cl)C(=O)N(CBr)C(=O)[C@@]23Cl)ccc1O. The van der Waals surface area contributed by atoms with Crippen molar-refractivity contribution in [2.75, 3.05) is 18.6 Å². The standard InChI is InChI=1S/C26H25BrCl2N2O8/c1-2-39-17-9-12(3-6-16(17)32)20-13-4-5-14-19(22(36)30(21(14)35)8-7-18(33)34)15(13)10-25(28)23(37)31(11-27)24(38)26(20,25)29/h3-4,6,9,14-15,19-20,32H,2,5,7-8,10-11H2,1H3,(H,33,34)/t14-,15+,19-,20-,25+,26-/m0/s1. The molecule has 0 aromatic heterocycles. The zero-order valence-electron chi connectivity index (χ0n) is 20.7. The minimum Gasteiger partial charge on any atom is -0.504 e. The first-order chi connectivity index (χ1) is 18.4. The van der Waals surface area contributed by atoms with Gasteiger partial charge in [0.1, 0.15) is 0 Å². The maximum atomic E-state index is 13.8. The summed E-state index contributed by atoms with van der Waals surface area (Å²) >= 11 is 17.5. The first-order valence-corrected chi connectivity index (χ1v) is 14.3. The molecule has 2 aliphatic heterocycles. The fourth-order valence-corrected chi connectivity index (χ4v) is 8.03. The number of carbonyl (C=O) groups is 5. The van der Waals surface area contributed by atoms with Crippen molar-refractivity contribution in [3.63, 3.8) is 0 Å². The van der Waals surface area contributed by atoms with Gasteiger partial charge in [-0.15, -0.1) is 23.2 Å². The summed E-state index contributed by atoms with van der Waals surface area (Å²) in [7, 11) is 0. The van der Waals surface area contributed by atoms with E-state index in [4.69, 9.17) is 33.0 Å². The molecule has 6 atom stereocenters. The molecule has 0 spiro atoms. The summed E-state index contributed by atoms with van der Waals surface area (Å²) in [4.78, 5) is 63.2. The third-order valence-electron chi connectivity index (χ3n) is 8.27. The average Bonchev–Trinajstić information content (AvgIpc) is 3.22. The minimum absolute atomic E-state index is 0.132. The number of likely N-dealkylation sites (tertiary alicyclic amines) is 2. The van der Waals surface area contributed by atoms with Crippen LogP contribution < -0.4 is 4.74 Å². The molecule has 4 aliphatic rings. The first kappa shape index (κ1) is 27.9. The number of fused-ring (bicyclic) bond motifs is 4. The number of aromatic hydroxyl groups is 1. The first-order valence-electron chi connectivity index (χ1n) is 12.4. The predicted molar refractivity (Wildman–Crippen MR) is 142 cm³/mol. The number of nitrogens with zero attached hydrogens (tertiary/aromatic N) is 2. The van der Waals surface area contributed by atoms with Gasteiger partial charge in [0.25, 0.3) is 11.8 Å². The maximum absolute atomic E-state index is 13.8. The van der Waals surface area contributed by atoms with E-state index in [1.807, 2.05) is 0 Å². The highest BCUT2D eigenvalue weighted by atomic mass is 79.9. The third kappa shape index (κ3) is 3.83. The van der Waals surface area contributed by atoms with E-state index in [2.05, 4.69) is 15.9 Å². The largest absolute Gasteiger partial charge is 0.504 e. The van der Waals surface area contributed by atoms with Crippen LogP contribution in [-0.4, -0.2) is 78.0 Å². The lowest BCUT2D eigenvalue weighted by Crippen LogP contribution is -2.60. The van der Waals surface area contributed by atoms with Gasteiger partial charge in [-0.25, -0.2) is 0 Å². The van der Waals surface area contributed by atoms with Gasteiger partial charge < -0.3 is 14.9 Å². The van der Waals surface area contributed by atoms with E-state index < -0.39 is 69.4 Å². The molecule has 2 aliphatic carbocycles. The number of aliphatic carboxylic acids is 1. The van der Waals surface area contributed by atoms with Gasteiger partial charge in [0, 0.05) is 12.5 Å². The van der Waals surface area contributed by atoms with Gasteiger partial charge in [-0.1, -0.05) is 33.6 Å². The molecule has 2 saturated heterocycles. The average molecular weight is 644 g/mol. The van der Waals surface area contributed by atoms with Gasteiger partial charge in [-0.2, -0.15) is 0 Å². The van der Waals surface area contributed by atoms with Crippen LogP contribution in [0, 0.1) is 17.8 Å². The van der Waals surface area contributed by atoms with Crippen molar-refractivity contribution in [2.45, 2.75) is 41.9 Å². The molecule has 2 heterocycles. The molecule has 0 unspecified atom stereocenters. The van der Waals surface area contributed by atoms with Gasteiger partial charge in [0.2, 0.25) is 11.8 Å². The Morgan fingerprint density at radius 3 is 2.49 bits per heavy atom. The molecule has 3 fully saturated rings. The van der Waals surface area contributed by atoms with Crippen molar-refractivity contribution in [1.82, 2.24) is 9.80 Å². The minimum atomic E-state index is -1.97. The van der Waals surface area contributed by atoms with Gasteiger partial charge in [0.05, 0.1) is 30.3 Å². The molecule has 2 N–H and O–H groups in total. The highest BCUT2D eigenvalue weighted by Crippen LogP contribution is 2.65. The summed E-state index contributed by atoms with van der Waals surface area (Å²) in [5.41, 5.74) is 0.896. The Morgan fingerprint density at radius 2 is 1.85 bits per heavy atom. The zero-order valence-corrected chi connectivity index (χ0v) is 23.8. The Hall–Kier alpha value is -2.63. The van der Waals surface area contributed by atoms with Crippen molar-refractivity contribution < 1.29 is 38.9 Å². The molecule has 13 heteroatoms. The molecular formula is C26H25BrCl2N2O8. The number of allylic oxidation sites excluding steroid dienone is 2. The summed E-state index contributed by atoms with van der Waals surface area (Å²) < 4.78 is 5.56. The van der Waals surface area contributed by atoms with Crippen LogP contribution in [0.3, 0.4) is 0 Å². The summed E-state index contributed by atoms with van der Waals surface area (Å²) in [5.74, 6) is -6.89. The molecule has 0 radical (unpaired) electrons. The number of phenols is 1. The van der Waals surface area contributed by atoms with E-state index in [1.54, 1.807) is 19.1 Å². The highest BCUT2D eigenvalue weighted by Gasteiger charge is 2.76. The monoisotopic (exact) mass is 642 g/mol. The Bertz CT molecular complexity index is 1340. The molecule has 5 rings (SSSR count). The highest BCUT2D eigenvalue weighted by molar-refractivity contribution is 9.09. The molecule has 1 aromatic rings. The number of carboxylic acids is 1. The summed E-state index contributed by atoms with van der Waals surface area (Å²) in [6.07, 6.45) is 1.39. The fraction of sp³-hybridized carbons (Fsp3) is 0.500. The Labute approximate surface area is 242 Å². The molecule has 4 amide bonds. The zero-order chi connectivity index (χ0) is 28.4. The normalized spacial score (nSPS) is 33.6. The number of alkyl halides is 3. The van der Waals surface area contributed by atoms with Gasteiger partial charge >= 0.3 is 5.97 Å². The number of imide groups is 2. The van der Waals surface area contributed by atoms with Crippen LogP contribution in [0.5, 0.6) is 11.5 Å². The van der Waals surface area contributed by atoms with Crippen molar-refractivity contribution in [1.29, 1.82) is 0 Å². The van der Waals surface area contributed by atoms with Crippen LogP contribution in [0.1, 0.15) is 37.7 Å². The van der Waals surface area contributed by atoms with Crippen LogP contribution in [0.25, 0.3) is 0 Å². The van der Waals surface area contributed by atoms with Crippen molar-refractivity contribution in [2.24, 2.45) is 17.8 Å². The molecule has 1 aromatic carbocycles. The maximum Gasteiger partial charge on any atom is 0.305 e. The van der Waals surface area contributed by atoms with Crippen LogP contribution in [-0.2, 0) is 24.0 Å². The van der Waals surface area contributed by atoms with Gasteiger partial charge in [-0.3, -0.25) is 33.8 Å². The quantitative estimate of drug-likeness (QED) is 0.200. The Morgan fingerprint density at radius 1 is 1.13 bits per heavy atom. The van der Waals surface area contributed by atoms with E-state index in [0.717, 1.165) is 9.80 Å². The van der Waals surface area contributed by atoms with Crippen molar-refractivity contribution in [3.8, 4) is 11.5 Å². The second-order valence-electron chi connectivity index (χ2n) is 10.1. The number of carboxylic acid groups (broad SMARTS) is 1. The van der Waals surface area contributed by atoms with Crippen LogP contribution in [0.15, 0.2) is 29.8 Å². The lowest BCUT2D eigenvalue weighted by atomic mass is 9.56. The smallest absolute Gasteiger partial charge is 0.305 e. The molecule has 1 saturated carbocycles. The fourth-order valence-electron chi connectivity index (χ4n) is 6.60. The Balaban J connectivity index is 1.67. The summed E-state index contributed by atoms with van der Waals surface area (Å²) in [6, 6.07) is 4.50. The topological polar surface area (TPSA) is 142 Å². The molecular weight excluding hydrogens is 619 g/mol. The predicted octanol–water partition coefficient (Wildman–Crippen LogP) is 2.98. The summed E-state index contributed by atoms with van der Waals surface area (Å²) in [5, 5.41) is 19.4. The lowest BCUT2D eigenvalue weighted by Gasteiger charge is -2.50. The number of phenolic OH excluding ortho intramolecular Hbond substituents is 1. The second kappa shape index (κ2) is 9.78. The number of hydrogen-bond donors (Lipinski definition) is 2. The molecule has 0 bridgehead atoms. The van der Waals surface area contributed by atoms with E-state index in [0.29, 0.717) is 11.1 Å². The number of amides is 4. The molecule has 208 valence electrons. The number of halogens is 3. The number of carbonyl (C=O) groups excluding carboxylic acids is 4. The van der Waals surface area contributed by atoms with Crippen LogP contribution in [0.4, 0.5) is 0 Å². The molecule has 10 nitrogen and oxygen atoms in total. The van der Waals surface area contributed by atoms with Crippen LogP contribution in [0.2, 0.25) is 0 Å². The Kier molecular flexibility index (Phi) is 7.00. The number of hydrogen-bond acceptors (Lipinski definition) is 7. The van der Waals surface area contributed by atoms with E-state index in [9.17, 15) is 29.1 Å². The van der Waals surface area contributed by atoms with Gasteiger partial charge in [-0.05, 0) is 43.4 Å². The van der Waals surface area contributed by atoms with Crippen molar-refractivity contribution in [3.05, 3.63) is 35.4 Å². The van der Waals surface area contributed by atoms with E-state index >= 15 is 0 Å². The van der Waals surface area contributed by atoms with Gasteiger partial charge in [0.15, 0.2) is 21.2 Å².